The molecule has 0 bridgehead atoms. The minimum absolute atomic E-state index is 0.104. The number of carbonyl (C=O) groups is 2. The zero-order chi connectivity index (χ0) is 21.9. The Balaban J connectivity index is 1.77. The maximum atomic E-state index is 12.2. The second-order valence-corrected chi connectivity index (χ2v) is 7.95. The lowest BCUT2D eigenvalue weighted by Crippen LogP contribution is -2.22. The predicted octanol–water partition coefficient (Wildman–Crippen LogP) is 4.18. The van der Waals surface area contributed by atoms with Gasteiger partial charge in [-0.15, -0.1) is 0 Å². The molecular formula is C24H33N3O3. The molecule has 0 unspecified atom stereocenters. The summed E-state index contributed by atoms with van der Waals surface area (Å²) in [7, 11) is 3.51. The summed E-state index contributed by atoms with van der Waals surface area (Å²) in [5, 5.41) is 6.00. The zero-order valence-corrected chi connectivity index (χ0v) is 18.4. The first-order valence-electron chi connectivity index (χ1n) is 10.4. The lowest BCUT2D eigenvalue weighted by atomic mass is 10.1. The summed E-state index contributed by atoms with van der Waals surface area (Å²) in [4.78, 5) is 25.5. The topological polar surface area (TPSA) is 70.7 Å². The van der Waals surface area contributed by atoms with Gasteiger partial charge < -0.3 is 20.3 Å². The summed E-state index contributed by atoms with van der Waals surface area (Å²) in [6, 6.07) is 15.2. The van der Waals surface area contributed by atoms with E-state index < -0.39 is 0 Å². The fourth-order valence-electron chi connectivity index (χ4n) is 2.73. The molecule has 0 radical (unpaired) electrons. The van der Waals surface area contributed by atoms with Crippen molar-refractivity contribution in [1.29, 1.82) is 0 Å². The van der Waals surface area contributed by atoms with Crippen molar-refractivity contribution in [3.8, 4) is 5.75 Å². The molecule has 0 aliphatic heterocycles. The number of amides is 2. The first-order chi connectivity index (χ1) is 14.3. The minimum Gasteiger partial charge on any atom is -0.494 e. The molecule has 2 aromatic carbocycles. The first-order valence-corrected chi connectivity index (χ1v) is 10.4. The molecule has 6 nitrogen and oxygen atoms in total. The van der Waals surface area contributed by atoms with Gasteiger partial charge in [0.1, 0.15) is 5.75 Å². The zero-order valence-electron chi connectivity index (χ0n) is 18.4. The average molecular weight is 412 g/mol. The molecule has 0 aliphatic carbocycles. The predicted molar refractivity (Wildman–Crippen MR) is 122 cm³/mol. The number of nitrogens with zero attached hydrogens (tertiary/aromatic N) is 1. The molecule has 0 aromatic heterocycles. The van der Waals surface area contributed by atoms with E-state index >= 15 is 0 Å². The van der Waals surface area contributed by atoms with Crippen molar-refractivity contribution in [3.05, 3.63) is 54.1 Å². The number of rotatable bonds is 11. The number of hydrogen-bond acceptors (Lipinski definition) is 4. The van der Waals surface area contributed by atoms with Crippen LogP contribution >= 0.6 is 0 Å². The first kappa shape index (κ1) is 23.3. The van der Waals surface area contributed by atoms with E-state index in [4.69, 9.17) is 4.74 Å². The molecule has 0 saturated carbocycles. The van der Waals surface area contributed by atoms with Crippen LogP contribution < -0.4 is 15.4 Å². The second-order valence-electron chi connectivity index (χ2n) is 7.95. The lowest BCUT2D eigenvalue weighted by molar-refractivity contribution is -0.128. The molecule has 0 saturated heterocycles. The molecule has 162 valence electrons. The van der Waals surface area contributed by atoms with Gasteiger partial charge in [-0.05, 0) is 48.6 Å². The quantitative estimate of drug-likeness (QED) is 0.582. The lowest BCUT2D eigenvalue weighted by Gasteiger charge is -2.12. The SMILES string of the molecule is CC(C)CCOc1cccc(NCC(=O)Nc2ccc(CCC(=O)N(C)C)cc2)c1. The summed E-state index contributed by atoms with van der Waals surface area (Å²) in [6.07, 6.45) is 2.16. The molecule has 0 fully saturated rings. The van der Waals surface area contributed by atoms with E-state index in [1.54, 1.807) is 19.0 Å². The summed E-state index contributed by atoms with van der Waals surface area (Å²) in [6.45, 7) is 5.18. The van der Waals surface area contributed by atoms with Gasteiger partial charge >= 0.3 is 0 Å². The van der Waals surface area contributed by atoms with E-state index in [0.29, 0.717) is 25.4 Å². The van der Waals surface area contributed by atoms with Crippen LogP contribution in [-0.4, -0.2) is 44.0 Å². The van der Waals surface area contributed by atoms with Crippen molar-refractivity contribution >= 4 is 23.2 Å². The van der Waals surface area contributed by atoms with E-state index in [0.717, 1.165) is 29.1 Å². The highest BCUT2D eigenvalue weighted by Gasteiger charge is 2.06. The number of aryl methyl sites for hydroxylation is 1. The summed E-state index contributed by atoms with van der Waals surface area (Å²) < 4.78 is 5.75. The second kappa shape index (κ2) is 11.9. The Morgan fingerprint density at radius 3 is 2.43 bits per heavy atom. The molecule has 0 aliphatic rings. The maximum absolute atomic E-state index is 12.2. The fraction of sp³-hybridized carbons (Fsp3) is 0.417. The minimum atomic E-state index is -0.128. The molecule has 0 heterocycles. The largest absolute Gasteiger partial charge is 0.494 e. The monoisotopic (exact) mass is 411 g/mol. The van der Waals surface area contributed by atoms with Crippen LogP contribution in [0.2, 0.25) is 0 Å². The van der Waals surface area contributed by atoms with Crippen LogP contribution in [0.1, 0.15) is 32.3 Å². The molecule has 2 aromatic rings. The third kappa shape index (κ3) is 8.55. The standard InChI is InChI=1S/C24H33N3O3/c1-18(2)14-15-30-22-7-5-6-21(16-22)25-17-23(28)26-20-11-8-19(9-12-20)10-13-24(29)27(3)4/h5-9,11-12,16,18,25H,10,13-15,17H2,1-4H3,(H,26,28). The van der Waals surface area contributed by atoms with Crippen LogP contribution in [0.3, 0.4) is 0 Å². The molecule has 0 spiro atoms. The Kier molecular flexibility index (Phi) is 9.19. The van der Waals surface area contributed by atoms with Crippen molar-refractivity contribution in [2.24, 2.45) is 5.92 Å². The Labute approximate surface area is 179 Å². The van der Waals surface area contributed by atoms with Crippen molar-refractivity contribution < 1.29 is 14.3 Å². The third-order valence-corrected chi connectivity index (χ3v) is 4.62. The highest BCUT2D eigenvalue weighted by atomic mass is 16.5. The average Bonchev–Trinajstić information content (AvgIpc) is 2.71. The van der Waals surface area contributed by atoms with Crippen molar-refractivity contribution in [1.82, 2.24) is 4.90 Å². The number of nitrogens with one attached hydrogen (secondary N) is 2. The van der Waals surface area contributed by atoms with E-state index in [9.17, 15) is 9.59 Å². The van der Waals surface area contributed by atoms with E-state index in [2.05, 4.69) is 24.5 Å². The number of carbonyl (C=O) groups excluding carboxylic acids is 2. The van der Waals surface area contributed by atoms with Gasteiger partial charge in [0, 0.05) is 38.0 Å². The molecular weight excluding hydrogens is 378 g/mol. The van der Waals surface area contributed by atoms with E-state index in [1.807, 2.05) is 48.5 Å². The molecule has 2 N–H and O–H groups in total. The van der Waals surface area contributed by atoms with Crippen molar-refractivity contribution in [2.45, 2.75) is 33.1 Å². The van der Waals surface area contributed by atoms with Crippen LogP contribution in [0.25, 0.3) is 0 Å². The Bertz CT molecular complexity index is 817. The number of hydrogen-bond donors (Lipinski definition) is 2. The van der Waals surface area contributed by atoms with Crippen LogP contribution in [0, 0.1) is 5.92 Å². The van der Waals surface area contributed by atoms with E-state index in [-0.39, 0.29) is 18.4 Å². The summed E-state index contributed by atoms with van der Waals surface area (Å²) in [5.41, 5.74) is 2.64. The molecule has 0 atom stereocenters. The van der Waals surface area contributed by atoms with Crippen LogP contribution in [0.4, 0.5) is 11.4 Å². The Morgan fingerprint density at radius 1 is 1.03 bits per heavy atom. The van der Waals surface area contributed by atoms with Gasteiger partial charge in [0.15, 0.2) is 0 Å². The molecule has 6 heteroatoms. The maximum Gasteiger partial charge on any atom is 0.243 e. The third-order valence-electron chi connectivity index (χ3n) is 4.62. The van der Waals surface area contributed by atoms with Crippen LogP contribution in [-0.2, 0) is 16.0 Å². The summed E-state index contributed by atoms with van der Waals surface area (Å²) >= 11 is 0. The van der Waals surface area contributed by atoms with Crippen LogP contribution in [0.15, 0.2) is 48.5 Å². The van der Waals surface area contributed by atoms with Gasteiger partial charge in [0.25, 0.3) is 0 Å². The smallest absolute Gasteiger partial charge is 0.243 e. The summed E-state index contributed by atoms with van der Waals surface area (Å²) in [5.74, 6) is 1.37. The fourth-order valence-corrected chi connectivity index (χ4v) is 2.73. The number of anilines is 2. The van der Waals surface area contributed by atoms with Gasteiger partial charge in [0.05, 0.1) is 13.2 Å². The molecule has 30 heavy (non-hydrogen) atoms. The van der Waals surface area contributed by atoms with Crippen molar-refractivity contribution in [3.63, 3.8) is 0 Å². The van der Waals surface area contributed by atoms with Gasteiger partial charge in [-0.2, -0.15) is 0 Å². The molecule has 2 rings (SSSR count). The highest BCUT2D eigenvalue weighted by molar-refractivity contribution is 5.93. The van der Waals surface area contributed by atoms with Gasteiger partial charge in [-0.1, -0.05) is 32.0 Å². The van der Waals surface area contributed by atoms with Gasteiger partial charge in [-0.25, -0.2) is 0 Å². The number of benzene rings is 2. The Hall–Kier alpha value is -3.02. The van der Waals surface area contributed by atoms with Gasteiger partial charge in [-0.3, -0.25) is 9.59 Å². The molecule has 2 amide bonds. The van der Waals surface area contributed by atoms with Gasteiger partial charge in [0.2, 0.25) is 11.8 Å². The van der Waals surface area contributed by atoms with Crippen LogP contribution in [0.5, 0.6) is 5.75 Å². The Morgan fingerprint density at radius 2 is 1.77 bits per heavy atom. The normalized spacial score (nSPS) is 10.6. The van der Waals surface area contributed by atoms with E-state index in [1.165, 1.54) is 0 Å². The number of ether oxygens (including phenoxy) is 1. The van der Waals surface area contributed by atoms with Crippen molar-refractivity contribution in [2.75, 3.05) is 37.9 Å². The highest BCUT2D eigenvalue weighted by Crippen LogP contribution is 2.18.